The summed E-state index contributed by atoms with van der Waals surface area (Å²) in [7, 11) is 0. The van der Waals surface area contributed by atoms with Crippen LogP contribution in [0.2, 0.25) is 0 Å². The summed E-state index contributed by atoms with van der Waals surface area (Å²) >= 11 is 0. The molecular formula is C27H42O4. The highest BCUT2D eigenvalue weighted by Gasteiger charge is 2.71. The normalized spacial score (nSPS) is 60.7. The Labute approximate surface area is 187 Å². The van der Waals surface area contributed by atoms with Gasteiger partial charge in [0, 0.05) is 23.7 Å². The van der Waals surface area contributed by atoms with E-state index in [1.54, 1.807) is 0 Å². The SMILES string of the molecule is C[C@@H]1CC[C@@]2(OC1)O[C@H]1C[C@H]3[C@@H]4CC=C5C[C@@H](O)CC[C@]5(C)[C@H]4C[C@H](O)[C@]3(C)[C@H]1[C@@H]2C. The van der Waals surface area contributed by atoms with Crippen molar-refractivity contribution in [3.8, 4) is 0 Å². The number of allylic oxidation sites excluding steroid dienone is 1. The van der Waals surface area contributed by atoms with E-state index in [2.05, 4.69) is 33.8 Å². The number of hydrogen-bond acceptors (Lipinski definition) is 4. The molecule has 3 saturated carbocycles. The van der Waals surface area contributed by atoms with Gasteiger partial charge < -0.3 is 19.7 Å². The van der Waals surface area contributed by atoms with Crippen molar-refractivity contribution < 1.29 is 19.7 Å². The van der Waals surface area contributed by atoms with Gasteiger partial charge >= 0.3 is 0 Å². The third-order valence-electron chi connectivity index (χ3n) is 11.5. The maximum atomic E-state index is 11.8. The zero-order chi connectivity index (χ0) is 21.8. The Hall–Kier alpha value is -0.420. The quantitative estimate of drug-likeness (QED) is 0.548. The second kappa shape index (κ2) is 6.81. The van der Waals surface area contributed by atoms with Crippen molar-refractivity contribution in [2.75, 3.05) is 6.61 Å². The first-order chi connectivity index (χ1) is 14.7. The van der Waals surface area contributed by atoms with Crippen LogP contribution in [0.15, 0.2) is 11.6 Å². The molecule has 12 atom stereocenters. The molecule has 5 fully saturated rings. The van der Waals surface area contributed by atoms with Gasteiger partial charge in [-0.15, -0.1) is 0 Å². The number of rotatable bonds is 0. The highest BCUT2D eigenvalue weighted by molar-refractivity contribution is 5.27. The molecule has 2 heterocycles. The highest BCUT2D eigenvalue weighted by Crippen LogP contribution is 2.70. The Morgan fingerprint density at radius 1 is 1.03 bits per heavy atom. The van der Waals surface area contributed by atoms with Gasteiger partial charge in [-0.3, -0.25) is 0 Å². The van der Waals surface area contributed by atoms with Gasteiger partial charge in [-0.1, -0.05) is 39.3 Å². The van der Waals surface area contributed by atoms with Crippen LogP contribution in [-0.4, -0.2) is 40.9 Å². The van der Waals surface area contributed by atoms with Crippen LogP contribution in [-0.2, 0) is 9.47 Å². The lowest BCUT2D eigenvalue weighted by atomic mass is 9.46. The van der Waals surface area contributed by atoms with E-state index in [-0.39, 0.29) is 29.1 Å². The van der Waals surface area contributed by atoms with Gasteiger partial charge in [0.15, 0.2) is 5.79 Å². The molecule has 0 aromatic heterocycles. The van der Waals surface area contributed by atoms with E-state index in [4.69, 9.17) is 9.47 Å². The van der Waals surface area contributed by atoms with E-state index in [0.717, 1.165) is 51.6 Å². The van der Waals surface area contributed by atoms with E-state index >= 15 is 0 Å². The van der Waals surface area contributed by atoms with Crippen LogP contribution in [0, 0.1) is 46.3 Å². The summed E-state index contributed by atoms with van der Waals surface area (Å²) in [5.41, 5.74) is 1.53. The molecule has 0 amide bonds. The van der Waals surface area contributed by atoms with Gasteiger partial charge in [0.1, 0.15) is 0 Å². The van der Waals surface area contributed by atoms with Crippen molar-refractivity contribution in [3.63, 3.8) is 0 Å². The molecule has 6 rings (SSSR count). The zero-order valence-electron chi connectivity index (χ0n) is 19.8. The Morgan fingerprint density at radius 3 is 2.58 bits per heavy atom. The predicted molar refractivity (Wildman–Crippen MR) is 119 cm³/mol. The molecule has 4 nitrogen and oxygen atoms in total. The summed E-state index contributed by atoms with van der Waals surface area (Å²) in [5.74, 6) is 2.58. The van der Waals surface area contributed by atoms with E-state index < -0.39 is 5.79 Å². The Kier molecular flexibility index (Phi) is 4.64. The van der Waals surface area contributed by atoms with Crippen molar-refractivity contribution in [2.24, 2.45) is 46.3 Å². The fraction of sp³-hybridized carbons (Fsp3) is 0.926. The first-order valence-electron chi connectivity index (χ1n) is 13.1. The second-order valence-electron chi connectivity index (χ2n) is 12.7. The molecule has 0 aromatic carbocycles. The summed E-state index contributed by atoms with van der Waals surface area (Å²) in [5, 5.41) is 22.0. The summed E-state index contributed by atoms with van der Waals surface area (Å²) in [4.78, 5) is 0. The fourth-order valence-corrected chi connectivity index (χ4v) is 9.61. The summed E-state index contributed by atoms with van der Waals surface area (Å²) in [6, 6.07) is 0. The lowest BCUT2D eigenvalue weighted by Gasteiger charge is -2.60. The Morgan fingerprint density at radius 2 is 1.84 bits per heavy atom. The molecule has 6 aliphatic rings. The first-order valence-corrected chi connectivity index (χ1v) is 13.1. The summed E-state index contributed by atoms with van der Waals surface area (Å²) < 4.78 is 13.2. The molecule has 2 N–H and O–H groups in total. The molecule has 31 heavy (non-hydrogen) atoms. The molecule has 0 unspecified atom stereocenters. The molecular weight excluding hydrogens is 388 g/mol. The van der Waals surface area contributed by atoms with Gasteiger partial charge in [-0.05, 0) is 74.0 Å². The molecule has 1 spiro atoms. The van der Waals surface area contributed by atoms with E-state index in [1.165, 1.54) is 12.0 Å². The first kappa shape index (κ1) is 21.1. The molecule has 4 heteroatoms. The maximum absolute atomic E-state index is 11.8. The minimum atomic E-state index is -0.419. The van der Waals surface area contributed by atoms with Gasteiger partial charge in [0.05, 0.1) is 24.9 Å². The summed E-state index contributed by atoms with van der Waals surface area (Å²) in [6.07, 6.45) is 10.3. The van der Waals surface area contributed by atoms with Crippen LogP contribution in [0.3, 0.4) is 0 Å². The van der Waals surface area contributed by atoms with Crippen molar-refractivity contribution in [2.45, 2.75) is 103 Å². The molecule has 174 valence electrons. The minimum absolute atomic E-state index is 0.0863. The molecule has 4 aliphatic carbocycles. The topological polar surface area (TPSA) is 58.9 Å². The number of aliphatic hydroxyl groups is 2. The van der Waals surface area contributed by atoms with Crippen molar-refractivity contribution in [3.05, 3.63) is 11.6 Å². The Balaban J connectivity index is 1.32. The van der Waals surface area contributed by atoms with Crippen molar-refractivity contribution >= 4 is 0 Å². The molecule has 2 saturated heterocycles. The molecule has 0 radical (unpaired) electrons. The highest BCUT2D eigenvalue weighted by atomic mass is 16.7. The van der Waals surface area contributed by atoms with Crippen molar-refractivity contribution in [1.82, 2.24) is 0 Å². The molecule has 2 aliphatic heterocycles. The van der Waals surface area contributed by atoms with Crippen LogP contribution in [0.5, 0.6) is 0 Å². The van der Waals surface area contributed by atoms with Gasteiger partial charge in [0.2, 0.25) is 0 Å². The van der Waals surface area contributed by atoms with E-state index in [9.17, 15) is 10.2 Å². The minimum Gasteiger partial charge on any atom is -0.393 e. The van der Waals surface area contributed by atoms with Crippen LogP contribution in [0.1, 0.15) is 79.1 Å². The number of hydrogen-bond donors (Lipinski definition) is 2. The zero-order valence-corrected chi connectivity index (χ0v) is 19.8. The van der Waals surface area contributed by atoms with Crippen LogP contribution < -0.4 is 0 Å². The van der Waals surface area contributed by atoms with Crippen LogP contribution in [0.4, 0.5) is 0 Å². The standard InChI is InChI=1S/C27H42O4/c1-15-7-10-27(30-14-15)16(2)24-22(31-27)12-21-19-6-5-17-11-18(28)8-9-25(17,3)20(19)13-23(29)26(21,24)4/h5,15-16,18-24,28-29H,6-14H2,1-4H3/t15-,16+,18+,19-,20+,21+,22+,23+,24+,25+,26-,27-/m1/s1. The smallest absolute Gasteiger partial charge is 0.171 e. The van der Waals surface area contributed by atoms with Gasteiger partial charge in [-0.2, -0.15) is 0 Å². The van der Waals surface area contributed by atoms with E-state index in [0.29, 0.717) is 35.5 Å². The maximum Gasteiger partial charge on any atom is 0.171 e. The third kappa shape index (κ3) is 2.68. The lowest BCUT2D eigenvalue weighted by molar-refractivity contribution is -0.273. The average Bonchev–Trinajstić information content (AvgIpc) is 3.18. The largest absolute Gasteiger partial charge is 0.393 e. The van der Waals surface area contributed by atoms with E-state index in [1.807, 2.05) is 0 Å². The summed E-state index contributed by atoms with van der Waals surface area (Å²) in [6.45, 7) is 10.2. The number of ether oxygens (including phenoxy) is 2. The second-order valence-corrected chi connectivity index (χ2v) is 12.7. The molecule has 0 aromatic rings. The predicted octanol–water partition coefficient (Wildman–Crippen LogP) is 4.68. The number of aliphatic hydroxyl groups excluding tert-OH is 2. The monoisotopic (exact) mass is 430 g/mol. The fourth-order valence-electron chi connectivity index (χ4n) is 9.61. The Bertz CT molecular complexity index is 769. The number of fused-ring (bicyclic) bond motifs is 7. The molecule has 0 bridgehead atoms. The van der Waals surface area contributed by atoms with Crippen LogP contribution in [0.25, 0.3) is 0 Å². The van der Waals surface area contributed by atoms with Crippen LogP contribution >= 0.6 is 0 Å². The average molecular weight is 431 g/mol. The van der Waals surface area contributed by atoms with Gasteiger partial charge in [0.25, 0.3) is 0 Å². The lowest BCUT2D eigenvalue weighted by Crippen LogP contribution is -2.57. The third-order valence-corrected chi connectivity index (χ3v) is 11.5. The van der Waals surface area contributed by atoms with Gasteiger partial charge in [-0.25, -0.2) is 0 Å². The van der Waals surface area contributed by atoms with Crippen molar-refractivity contribution in [1.29, 1.82) is 0 Å².